The van der Waals surface area contributed by atoms with Crippen LogP contribution >= 0.6 is 0 Å². The molecule has 0 aliphatic carbocycles. The summed E-state index contributed by atoms with van der Waals surface area (Å²) in [5.41, 5.74) is 0.144. The van der Waals surface area contributed by atoms with Gasteiger partial charge in [-0.15, -0.1) is 0 Å². The van der Waals surface area contributed by atoms with Gasteiger partial charge in [0.05, 0.1) is 24.1 Å². The van der Waals surface area contributed by atoms with Crippen LogP contribution in [0, 0.1) is 5.41 Å². The number of rotatable bonds is 7. The molecule has 30 heavy (non-hydrogen) atoms. The Bertz CT molecular complexity index is 927. The zero-order valence-corrected chi connectivity index (χ0v) is 17.8. The number of β-amino-alcohol motifs (C(OH)–C–C–N with tert-alkyl or cyclic N) is 1. The van der Waals surface area contributed by atoms with Crippen molar-refractivity contribution in [2.24, 2.45) is 5.41 Å². The summed E-state index contributed by atoms with van der Waals surface area (Å²) in [7, 11) is 1.67. The lowest BCUT2D eigenvalue weighted by molar-refractivity contribution is -0.141. The number of pyridine rings is 2. The quantitative estimate of drug-likeness (QED) is 0.716. The SMILES string of the molecule is CN(C[C@]1(O)CCCN(c2ccnc3ccncc23)C1)C(=O)CC(C)(C)CC(=O)O. The maximum atomic E-state index is 12.7. The fourth-order valence-electron chi connectivity index (χ4n) is 4.24. The van der Waals surface area contributed by atoms with Crippen molar-refractivity contribution in [3.63, 3.8) is 0 Å². The van der Waals surface area contributed by atoms with Crippen LogP contribution in [0.15, 0.2) is 30.7 Å². The molecule has 162 valence electrons. The van der Waals surface area contributed by atoms with E-state index in [1.807, 2.05) is 12.1 Å². The van der Waals surface area contributed by atoms with E-state index in [4.69, 9.17) is 5.11 Å². The average molecular weight is 415 g/mol. The van der Waals surface area contributed by atoms with Gasteiger partial charge in [0.15, 0.2) is 0 Å². The van der Waals surface area contributed by atoms with Crippen molar-refractivity contribution in [1.82, 2.24) is 14.9 Å². The molecule has 0 unspecified atom stereocenters. The second-order valence-electron chi connectivity index (χ2n) is 9.13. The number of nitrogens with zero attached hydrogens (tertiary/aromatic N) is 4. The largest absolute Gasteiger partial charge is 0.481 e. The Morgan fingerprint density at radius 2 is 2.03 bits per heavy atom. The van der Waals surface area contributed by atoms with Crippen molar-refractivity contribution in [2.45, 2.75) is 45.1 Å². The lowest BCUT2D eigenvalue weighted by Gasteiger charge is -2.42. The summed E-state index contributed by atoms with van der Waals surface area (Å²) in [6.07, 6.45) is 6.69. The van der Waals surface area contributed by atoms with E-state index in [2.05, 4.69) is 14.9 Å². The number of fused-ring (bicyclic) bond motifs is 1. The lowest BCUT2D eigenvalue weighted by atomic mass is 9.85. The molecule has 0 bridgehead atoms. The zero-order valence-electron chi connectivity index (χ0n) is 17.8. The monoisotopic (exact) mass is 414 g/mol. The van der Waals surface area contributed by atoms with E-state index in [-0.39, 0.29) is 25.3 Å². The summed E-state index contributed by atoms with van der Waals surface area (Å²) in [6.45, 7) is 4.95. The Balaban J connectivity index is 1.70. The van der Waals surface area contributed by atoms with E-state index in [0.717, 1.165) is 29.6 Å². The molecule has 0 radical (unpaired) electrons. The van der Waals surface area contributed by atoms with Gasteiger partial charge in [0, 0.05) is 56.2 Å². The predicted molar refractivity (Wildman–Crippen MR) is 114 cm³/mol. The van der Waals surface area contributed by atoms with Gasteiger partial charge < -0.3 is 20.0 Å². The van der Waals surface area contributed by atoms with Gasteiger partial charge in [-0.05, 0) is 30.4 Å². The van der Waals surface area contributed by atoms with Crippen LogP contribution < -0.4 is 4.90 Å². The first-order valence-corrected chi connectivity index (χ1v) is 10.2. The highest BCUT2D eigenvalue weighted by atomic mass is 16.4. The molecule has 1 saturated heterocycles. The van der Waals surface area contributed by atoms with E-state index in [1.165, 1.54) is 4.90 Å². The van der Waals surface area contributed by atoms with Gasteiger partial charge >= 0.3 is 5.97 Å². The van der Waals surface area contributed by atoms with Crippen molar-refractivity contribution in [3.05, 3.63) is 30.7 Å². The summed E-state index contributed by atoms with van der Waals surface area (Å²) < 4.78 is 0. The van der Waals surface area contributed by atoms with Crippen molar-refractivity contribution in [1.29, 1.82) is 0 Å². The molecule has 0 spiro atoms. The van der Waals surface area contributed by atoms with Crippen LogP contribution in [0.1, 0.15) is 39.5 Å². The molecule has 1 aliphatic heterocycles. The Kier molecular flexibility index (Phi) is 6.26. The standard InChI is InChI=1S/C22H30N4O4/c1-21(2,12-20(28)29)11-19(27)25(3)14-22(30)7-4-10-26(15-22)18-6-9-24-17-5-8-23-13-16(17)18/h5-6,8-9,13,30H,4,7,10-12,14-15H2,1-3H3,(H,28,29)/t22-/m1/s1. The van der Waals surface area contributed by atoms with Crippen LogP contribution in [0.3, 0.4) is 0 Å². The second-order valence-corrected chi connectivity index (χ2v) is 9.13. The number of aliphatic hydroxyl groups is 1. The third-order valence-corrected chi connectivity index (χ3v) is 5.63. The number of anilines is 1. The number of carbonyl (C=O) groups is 2. The predicted octanol–water partition coefficient (Wildman–Crippen LogP) is 2.31. The smallest absolute Gasteiger partial charge is 0.303 e. The molecular weight excluding hydrogens is 384 g/mol. The van der Waals surface area contributed by atoms with Crippen molar-refractivity contribution < 1.29 is 19.8 Å². The number of likely N-dealkylation sites (N-methyl/N-ethyl adjacent to an activating group) is 1. The number of hydrogen-bond donors (Lipinski definition) is 2. The number of hydrogen-bond acceptors (Lipinski definition) is 6. The van der Waals surface area contributed by atoms with Gasteiger partial charge in [-0.3, -0.25) is 19.6 Å². The van der Waals surface area contributed by atoms with Gasteiger partial charge in [-0.25, -0.2) is 0 Å². The molecule has 3 rings (SSSR count). The average Bonchev–Trinajstić information content (AvgIpc) is 2.65. The first-order valence-electron chi connectivity index (χ1n) is 10.2. The summed E-state index contributed by atoms with van der Waals surface area (Å²) >= 11 is 0. The molecule has 2 N–H and O–H groups in total. The normalized spacial score (nSPS) is 19.7. The Morgan fingerprint density at radius 1 is 1.27 bits per heavy atom. The molecule has 0 saturated carbocycles. The lowest BCUT2D eigenvalue weighted by Crippen LogP contribution is -2.55. The van der Waals surface area contributed by atoms with E-state index in [0.29, 0.717) is 13.0 Å². The molecule has 1 amide bonds. The fourth-order valence-corrected chi connectivity index (χ4v) is 4.24. The summed E-state index contributed by atoms with van der Waals surface area (Å²) in [5.74, 6) is -1.08. The summed E-state index contributed by atoms with van der Waals surface area (Å²) in [6, 6.07) is 3.79. The number of amides is 1. The van der Waals surface area contributed by atoms with Gasteiger partial charge in [0.2, 0.25) is 5.91 Å². The van der Waals surface area contributed by atoms with Crippen LogP contribution in [0.5, 0.6) is 0 Å². The number of carboxylic acid groups (broad SMARTS) is 1. The minimum absolute atomic E-state index is 0.0756. The first-order chi connectivity index (χ1) is 14.1. The van der Waals surface area contributed by atoms with Crippen molar-refractivity contribution in [3.8, 4) is 0 Å². The third kappa shape index (κ3) is 5.24. The Labute approximate surface area is 176 Å². The number of aromatic nitrogens is 2. The Hall–Kier alpha value is -2.74. The van der Waals surface area contributed by atoms with Crippen LogP contribution in [-0.2, 0) is 9.59 Å². The molecule has 2 aromatic rings. The molecule has 3 heterocycles. The van der Waals surface area contributed by atoms with Gasteiger partial charge in [-0.1, -0.05) is 13.8 Å². The van der Waals surface area contributed by atoms with Crippen molar-refractivity contribution in [2.75, 3.05) is 31.6 Å². The van der Waals surface area contributed by atoms with Gasteiger partial charge in [0.1, 0.15) is 0 Å². The minimum atomic E-state index is -1.04. The molecular formula is C22H30N4O4. The highest BCUT2D eigenvalue weighted by molar-refractivity contribution is 5.90. The minimum Gasteiger partial charge on any atom is -0.481 e. The molecule has 8 heteroatoms. The molecule has 1 fully saturated rings. The molecule has 1 aliphatic rings. The second kappa shape index (κ2) is 8.55. The van der Waals surface area contributed by atoms with E-state index >= 15 is 0 Å². The molecule has 1 atom stereocenters. The Morgan fingerprint density at radius 3 is 2.77 bits per heavy atom. The number of carbonyl (C=O) groups excluding carboxylic acids is 1. The summed E-state index contributed by atoms with van der Waals surface area (Å²) in [5, 5.41) is 21.2. The van der Waals surface area contributed by atoms with Crippen LogP contribution in [0.4, 0.5) is 5.69 Å². The summed E-state index contributed by atoms with van der Waals surface area (Å²) in [4.78, 5) is 35.9. The maximum absolute atomic E-state index is 12.7. The number of aliphatic carboxylic acids is 1. The van der Waals surface area contributed by atoms with Crippen LogP contribution in [0.2, 0.25) is 0 Å². The van der Waals surface area contributed by atoms with E-state index in [1.54, 1.807) is 39.5 Å². The van der Waals surface area contributed by atoms with Crippen LogP contribution in [0.25, 0.3) is 10.9 Å². The fraction of sp³-hybridized carbons (Fsp3) is 0.545. The van der Waals surface area contributed by atoms with E-state index < -0.39 is 17.0 Å². The zero-order chi connectivity index (χ0) is 21.9. The molecule has 8 nitrogen and oxygen atoms in total. The highest BCUT2D eigenvalue weighted by Crippen LogP contribution is 2.31. The molecule has 0 aromatic carbocycles. The van der Waals surface area contributed by atoms with Gasteiger partial charge in [-0.2, -0.15) is 0 Å². The van der Waals surface area contributed by atoms with Crippen molar-refractivity contribution >= 4 is 28.5 Å². The number of piperidine rings is 1. The topological polar surface area (TPSA) is 107 Å². The molecule has 2 aromatic heterocycles. The van der Waals surface area contributed by atoms with E-state index in [9.17, 15) is 14.7 Å². The first kappa shape index (κ1) is 22.0. The highest BCUT2D eigenvalue weighted by Gasteiger charge is 2.37. The maximum Gasteiger partial charge on any atom is 0.303 e. The van der Waals surface area contributed by atoms with Crippen LogP contribution in [-0.4, -0.2) is 69.2 Å². The third-order valence-electron chi connectivity index (χ3n) is 5.63. The van der Waals surface area contributed by atoms with Gasteiger partial charge in [0.25, 0.3) is 0 Å². The number of carboxylic acids is 1.